The maximum atomic E-state index is 12.1. The molecule has 0 fully saturated rings. The molecule has 0 aliphatic rings. The van der Waals surface area contributed by atoms with E-state index in [9.17, 15) is 4.79 Å². The van der Waals surface area contributed by atoms with Gasteiger partial charge in [-0.05, 0) is 30.2 Å². The molecule has 0 amide bonds. The summed E-state index contributed by atoms with van der Waals surface area (Å²) in [6.07, 6.45) is 1.64. The van der Waals surface area contributed by atoms with E-state index >= 15 is 0 Å². The molecule has 0 aromatic heterocycles. The predicted octanol–water partition coefficient (Wildman–Crippen LogP) is 3.49. The molecule has 2 aromatic carbocycles. The molecular weight excluding hydrogens is 248 g/mol. The molecule has 0 unspecified atom stereocenters. The van der Waals surface area contributed by atoms with Crippen LogP contribution in [0.2, 0.25) is 0 Å². The van der Waals surface area contributed by atoms with E-state index in [0.717, 1.165) is 5.56 Å². The van der Waals surface area contributed by atoms with Gasteiger partial charge in [0.2, 0.25) is 5.78 Å². The fourth-order valence-corrected chi connectivity index (χ4v) is 1.65. The molecule has 0 saturated carbocycles. The summed E-state index contributed by atoms with van der Waals surface area (Å²) in [5.41, 5.74) is 1.28. The smallest absolute Gasteiger partial charge is 0.239 e. The number of hydrogen-bond acceptors (Lipinski definition) is 2. The fourth-order valence-electron chi connectivity index (χ4n) is 1.65. The molecule has 0 atom stereocenters. The van der Waals surface area contributed by atoms with E-state index < -0.39 is 0 Å². The number of carbonyl (C=O) groups excluding carboxylic acids is 1. The van der Waals surface area contributed by atoms with Crippen LogP contribution in [0, 0.1) is 11.8 Å². The van der Waals surface area contributed by atoms with Crippen LogP contribution in [-0.4, -0.2) is 12.4 Å². The number of ether oxygens (including phenoxy) is 1. The normalized spacial score (nSPS) is 9.20. The molecule has 0 radical (unpaired) electrons. The van der Waals surface area contributed by atoms with Crippen molar-refractivity contribution < 1.29 is 9.53 Å². The summed E-state index contributed by atoms with van der Waals surface area (Å²) in [5, 5.41) is 0. The molecular formula is C18H14O2. The van der Waals surface area contributed by atoms with Crippen molar-refractivity contribution in [2.24, 2.45) is 0 Å². The van der Waals surface area contributed by atoms with Gasteiger partial charge in [0.05, 0.1) is 5.56 Å². The summed E-state index contributed by atoms with van der Waals surface area (Å²) in [4.78, 5) is 12.1. The Morgan fingerprint density at radius 2 is 1.80 bits per heavy atom. The molecule has 0 saturated heterocycles. The number of hydrogen-bond donors (Lipinski definition) is 0. The van der Waals surface area contributed by atoms with E-state index in [2.05, 4.69) is 18.4 Å². The monoisotopic (exact) mass is 262 g/mol. The van der Waals surface area contributed by atoms with Crippen molar-refractivity contribution in [2.45, 2.75) is 0 Å². The molecule has 0 N–H and O–H groups in total. The second-order valence-electron chi connectivity index (χ2n) is 4.04. The molecule has 0 spiro atoms. The Morgan fingerprint density at radius 1 is 1.10 bits per heavy atom. The number of carbonyl (C=O) groups is 1. The molecule has 2 rings (SSSR count). The zero-order chi connectivity index (χ0) is 14.2. The Kier molecular flexibility index (Phi) is 4.75. The second-order valence-corrected chi connectivity index (χ2v) is 4.04. The van der Waals surface area contributed by atoms with E-state index in [4.69, 9.17) is 4.74 Å². The SMILES string of the molecule is C=CCOc1ccccc1C(=O)C#Cc1ccccc1. The van der Waals surface area contributed by atoms with Gasteiger partial charge in [0.25, 0.3) is 0 Å². The standard InChI is InChI=1S/C18H14O2/c1-2-14-20-18-11-7-6-10-16(18)17(19)13-12-15-8-4-3-5-9-15/h2-11H,1,14H2. The van der Waals surface area contributed by atoms with Gasteiger partial charge < -0.3 is 4.74 Å². The highest BCUT2D eigenvalue weighted by Crippen LogP contribution is 2.18. The van der Waals surface area contributed by atoms with Crippen molar-refractivity contribution in [3.05, 3.63) is 78.4 Å². The van der Waals surface area contributed by atoms with E-state index in [0.29, 0.717) is 17.9 Å². The minimum Gasteiger partial charge on any atom is -0.489 e. The van der Waals surface area contributed by atoms with Crippen LogP contribution >= 0.6 is 0 Å². The molecule has 0 aliphatic heterocycles. The van der Waals surface area contributed by atoms with Crippen LogP contribution in [-0.2, 0) is 0 Å². The average Bonchev–Trinajstić information content (AvgIpc) is 2.52. The van der Waals surface area contributed by atoms with Gasteiger partial charge in [-0.1, -0.05) is 48.9 Å². The van der Waals surface area contributed by atoms with Crippen molar-refractivity contribution in [3.63, 3.8) is 0 Å². The fraction of sp³-hybridized carbons (Fsp3) is 0.0556. The number of ketones is 1. The van der Waals surface area contributed by atoms with Crippen LogP contribution in [0.25, 0.3) is 0 Å². The summed E-state index contributed by atoms with van der Waals surface area (Å²) in [6, 6.07) is 16.5. The van der Waals surface area contributed by atoms with Gasteiger partial charge in [-0.3, -0.25) is 4.79 Å². The first kappa shape index (κ1) is 13.6. The quantitative estimate of drug-likeness (QED) is 0.479. The van der Waals surface area contributed by atoms with Gasteiger partial charge >= 0.3 is 0 Å². The maximum Gasteiger partial charge on any atom is 0.239 e. The van der Waals surface area contributed by atoms with Crippen LogP contribution in [0.4, 0.5) is 0 Å². The highest BCUT2D eigenvalue weighted by Gasteiger charge is 2.09. The van der Waals surface area contributed by atoms with Gasteiger partial charge in [-0.2, -0.15) is 0 Å². The largest absolute Gasteiger partial charge is 0.489 e. The molecule has 98 valence electrons. The summed E-state index contributed by atoms with van der Waals surface area (Å²) < 4.78 is 5.45. The topological polar surface area (TPSA) is 26.3 Å². The Morgan fingerprint density at radius 3 is 2.55 bits per heavy atom. The molecule has 2 aromatic rings. The first-order valence-electron chi connectivity index (χ1n) is 6.25. The first-order valence-corrected chi connectivity index (χ1v) is 6.25. The lowest BCUT2D eigenvalue weighted by Gasteiger charge is -2.06. The van der Waals surface area contributed by atoms with Gasteiger partial charge in [0, 0.05) is 5.56 Å². The first-order chi connectivity index (χ1) is 9.81. The molecule has 0 bridgehead atoms. The third-order valence-corrected chi connectivity index (χ3v) is 2.58. The minimum atomic E-state index is -0.256. The van der Waals surface area contributed by atoms with E-state index in [-0.39, 0.29) is 5.78 Å². The molecule has 2 heteroatoms. The second kappa shape index (κ2) is 6.96. The third kappa shape index (κ3) is 3.60. The average molecular weight is 262 g/mol. The lowest BCUT2D eigenvalue weighted by molar-refractivity contribution is 0.105. The molecule has 20 heavy (non-hydrogen) atoms. The van der Waals surface area contributed by atoms with E-state index in [1.165, 1.54) is 0 Å². The van der Waals surface area contributed by atoms with Crippen molar-refractivity contribution in [2.75, 3.05) is 6.61 Å². The minimum absolute atomic E-state index is 0.256. The number of rotatable bonds is 4. The lowest BCUT2D eigenvalue weighted by Crippen LogP contribution is -2.02. The summed E-state index contributed by atoms with van der Waals surface area (Å²) in [5.74, 6) is 5.76. The van der Waals surface area contributed by atoms with Crippen LogP contribution in [0.5, 0.6) is 5.75 Å². The number of benzene rings is 2. The maximum absolute atomic E-state index is 12.1. The van der Waals surface area contributed by atoms with E-state index in [1.807, 2.05) is 36.4 Å². The van der Waals surface area contributed by atoms with Crippen molar-refractivity contribution >= 4 is 5.78 Å². The third-order valence-electron chi connectivity index (χ3n) is 2.58. The zero-order valence-corrected chi connectivity index (χ0v) is 11.0. The van der Waals surface area contributed by atoms with E-state index in [1.54, 1.807) is 24.3 Å². The van der Waals surface area contributed by atoms with Crippen molar-refractivity contribution in [1.29, 1.82) is 0 Å². The zero-order valence-electron chi connectivity index (χ0n) is 11.0. The van der Waals surface area contributed by atoms with Crippen LogP contribution in [0.15, 0.2) is 67.3 Å². The Hall–Kier alpha value is -2.79. The lowest BCUT2D eigenvalue weighted by atomic mass is 10.1. The summed E-state index contributed by atoms with van der Waals surface area (Å²) in [7, 11) is 0. The van der Waals surface area contributed by atoms with Gasteiger partial charge in [-0.25, -0.2) is 0 Å². The van der Waals surface area contributed by atoms with Gasteiger partial charge in [0.15, 0.2) is 0 Å². The van der Waals surface area contributed by atoms with Crippen molar-refractivity contribution in [1.82, 2.24) is 0 Å². The highest BCUT2D eigenvalue weighted by molar-refractivity contribution is 6.11. The van der Waals surface area contributed by atoms with Crippen LogP contribution < -0.4 is 4.74 Å². The Labute approximate surface area is 118 Å². The van der Waals surface area contributed by atoms with Gasteiger partial charge in [0.1, 0.15) is 12.4 Å². The van der Waals surface area contributed by atoms with Gasteiger partial charge in [-0.15, -0.1) is 0 Å². The molecule has 0 aliphatic carbocycles. The number of para-hydroxylation sites is 1. The Balaban J connectivity index is 2.22. The summed E-state index contributed by atoms with van der Waals surface area (Å²) in [6.45, 7) is 3.95. The molecule has 2 nitrogen and oxygen atoms in total. The predicted molar refractivity (Wildman–Crippen MR) is 79.8 cm³/mol. The summed E-state index contributed by atoms with van der Waals surface area (Å²) >= 11 is 0. The van der Waals surface area contributed by atoms with Crippen LogP contribution in [0.1, 0.15) is 15.9 Å². The Bertz CT molecular complexity index is 661. The number of Topliss-reactive ketones (excluding diaryl/α,β-unsaturated/α-hetero) is 1. The van der Waals surface area contributed by atoms with Crippen LogP contribution in [0.3, 0.4) is 0 Å². The van der Waals surface area contributed by atoms with Crippen molar-refractivity contribution in [3.8, 4) is 17.6 Å². The molecule has 0 heterocycles. The highest BCUT2D eigenvalue weighted by atomic mass is 16.5.